The van der Waals surface area contributed by atoms with E-state index in [0.717, 1.165) is 6.54 Å². The van der Waals surface area contributed by atoms with Gasteiger partial charge in [-0.2, -0.15) is 0 Å². The highest BCUT2D eigenvalue weighted by atomic mass is 16.1. The first kappa shape index (κ1) is 9.38. The average molecular weight is 179 g/mol. The molecule has 0 saturated carbocycles. The van der Waals surface area contributed by atoms with E-state index in [1.54, 1.807) is 18.2 Å². The Balaban J connectivity index is 3.10. The Morgan fingerprint density at radius 2 is 2.23 bits per heavy atom. The lowest BCUT2D eigenvalue weighted by molar-refractivity contribution is 0.100. The summed E-state index contributed by atoms with van der Waals surface area (Å²) in [6.07, 6.45) is 0. The molecule has 5 N–H and O–H groups in total. The van der Waals surface area contributed by atoms with E-state index in [1.807, 2.05) is 6.92 Å². The maximum atomic E-state index is 10.9. The molecule has 0 aromatic heterocycles. The molecule has 70 valence electrons. The normalized spacial score (nSPS) is 9.62. The van der Waals surface area contributed by atoms with Crippen LogP contribution in [0.15, 0.2) is 18.2 Å². The molecule has 0 heterocycles. The average Bonchev–Trinajstić information content (AvgIpc) is 2.04. The van der Waals surface area contributed by atoms with Gasteiger partial charge in [0.2, 0.25) is 0 Å². The SMILES string of the molecule is CCNc1cc(N)ccc1C(N)=O. The minimum absolute atomic E-state index is 0.448. The lowest BCUT2D eigenvalue weighted by Gasteiger charge is -2.08. The third kappa shape index (κ3) is 2.11. The second-order valence-corrected chi connectivity index (χ2v) is 2.70. The fourth-order valence-corrected chi connectivity index (χ4v) is 1.11. The molecular formula is C9H13N3O. The Hall–Kier alpha value is -1.71. The Morgan fingerprint density at radius 3 is 2.77 bits per heavy atom. The highest BCUT2D eigenvalue weighted by molar-refractivity contribution is 5.99. The summed E-state index contributed by atoms with van der Waals surface area (Å²) < 4.78 is 0. The topological polar surface area (TPSA) is 81.1 Å². The molecule has 0 aliphatic heterocycles. The lowest BCUT2D eigenvalue weighted by atomic mass is 10.1. The molecule has 0 fully saturated rings. The minimum atomic E-state index is -0.448. The van der Waals surface area contributed by atoms with Crippen LogP contribution in [0.25, 0.3) is 0 Å². The van der Waals surface area contributed by atoms with E-state index in [0.29, 0.717) is 16.9 Å². The molecule has 0 atom stereocenters. The van der Waals surface area contributed by atoms with E-state index in [9.17, 15) is 4.79 Å². The first-order chi connectivity index (χ1) is 6.15. The summed E-state index contributed by atoms with van der Waals surface area (Å²) >= 11 is 0. The second-order valence-electron chi connectivity index (χ2n) is 2.70. The number of nitrogens with two attached hydrogens (primary N) is 2. The summed E-state index contributed by atoms with van der Waals surface area (Å²) in [6, 6.07) is 4.97. The van der Waals surface area contributed by atoms with Gasteiger partial charge in [-0.1, -0.05) is 0 Å². The summed E-state index contributed by atoms with van der Waals surface area (Å²) in [4.78, 5) is 10.9. The van der Waals surface area contributed by atoms with Crippen molar-refractivity contribution in [2.45, 2.75) is 6.92 Å². The van der Waals surface area contributed by atoms with Crippen LogP contribution < -0.4 is 16.8 Å². The number of nitrogens with one attached hydrogen (secondary N) is 1. The van der Waals surface area contributed by atoms with E-state index in [-0.39, 0.29) is 0 Å². The van der Waals surface area contributed by atoms with E-state index < -0.39 is 5.91 Å². The van der Waals surface area contributed by atoms with E-state index in [1.165, 1.54) is 0 Å². The molecular weight excluding hydrogens is 166 g/mol. The van der Waals surface area contributed by atoms with Gasteiger partial charge in [-0.05, 0) is 25.1 Å². The molecule has 0 spiro atoms. The van der Waals surface area contributed by atoms with Crippen molar-refractivity contribution < 1.29 is 4.79 Å². The van der Waals surface area contributed by atoms with Gasteiger partial charge >= 0.3 is 0 Å². The number of carbonyl (C=O) groups is 1. The Morgan fingerprint density at radius 1 is 1.54 bits per heavy atom. The van der Waals surface area contributed by atoms with Gasteiger partial charge < -0.3 is 16.8 Å². The van der Waals surface area contributed by atoms with Crippen molar-refractivity contribution in [3.05, 3.63) is 23.8 Å². The highest BCUT2D eigenvalue weighted by Crippen LogP contribution is 2.18. The molecule has 0 unspecified atom stereocenters. The van der Waals surface area contributed by atoms with Crippen molar-refractivity contribution >= 4 is 17.3 Å². The third-order valence-corrected chi connectivity index (χ3v) is 1.68. The minimum Gasteiger partial charge on any atom is -0.399 e. The molecule has 0 aliphatic carbocycles. The van der Waals surface area contributed by atoms with E-state index in [4.69, 9.17) is 11.5 Å². The van der Waals surface area contributed by atoms with Gasteiger partial charge in [0.15, 0.2) is 0 Å². The van der Waals surface area contributed by atoms with Gasteiger partial charge in [0, 0.05) is 17.9 Å². The van der Waals surface area contributed by atoms with Gasteiger partial charge in [0.25, 0.3) is 5.91 Å². The van der Waals surface area contributed by atoms with Gasteiger partial charge in [0.05, 0.1) is 5.56 Å². The summed E-state index contributed by atoms with van der Waals surface area (Å²) in [5.74, 6) is -0.448. The van der Waals surface area contributed by atoms with Crippen LogP contribution in [-0.4, -0.2) is 12.5 Å². The van der Waals surface area contributed by atoms with Crippen LogP contribution in [0.4, 0.5) is 11.4 Å². The number of carbonyl (C=O) groups excluding carboxylic acids is 1. The Labute approximate surface area is 76.9 Å². The fourth-order valence-electron chi connectivity index (χ4n) is 1.11. The number of amides is 1. The number of primary amides is 1. The van der Waals surface area contributed by atoms with Crippen LogP contribution in [-0.2, 0) is 0 Å². The predicted molar refractivity (Wildman–Crippen MR) is 53.5 cm³/mol. The molecule has 0 aliphatic rings. The van der Waals surface area contributed by atoms with Crippen LogP contribution in [0.5, 0.6) is 0 Å². The zero-order valence-electron chi connectivity index (χ0n) is 7.50. The maximum Gasteiger partial charge on any atom is 0.250 e. The van der Waals surface area contributed by atoms with Crippen molar-refractivity contribution in [3.8, 4) is 0 Å². The largest absolute Gasteiger partial charge is 0.399 e. The quantitative estimate of drug-likeness (QED) is 0.600. The number of rotatable bonds is 3. The molecule has 0 radical (unpaired) electrons. The number of hydrogen-bond acceptors (Lipinski definition) is 3. The predicted octanol–water partition coefficient (Wildman–Crippen LogP) is 0.800. The molecule has 1 aromatic rings. The number of anilines is 2. The standard InChI is InChI=1S/C9H13N3O/c1-2-12-8-5-6(10)3-4-7(8)9(11)13/h3-5,12H,2,10H2,1H3,(H2,11,13). The zero-order chi connectivity index (χ0) is 9.84. The van der Waals surface area contributed by atoms with Gasteiger partial charge in [-0.3, -0.25) is 4.79 Å². The molecule has 4 heteroatoms. The molecule has 0 saturated heterocycles. The Bertz CT molecular complexity index is 323. The Kier molecular flexibility index (Phi) is 2.74. The molecule has 4 nitrogen and oxygen atoms in total. The number of hydrogen-bond donors (Lipinski definition) is 3. The van der Waals surface area contributed by atoms with Gasteiger partial charge in [-0.25, -0.2) is 0 Å². The fraction of sp³-hybridized carbons (Fsp3) is 0.222. The molecule has 1 rings (SSSR count). The monoisotopic (exact) mass is 179 g/mol. The lowest BCUT2D eigenvalue weighted by Crippen LogP contribution is -2.14. The van der Waals surface area contributed by atoms with E-state index in [2.05, 4.69) is 5.32 Å². The van der Waals surface area contributed by atoms with Crippen molar-refractivity contribution in [3.63, 3.8) is 0 Å². The van der Waals surface area contributed by atoms with Crippen LogP contribution in [0.3, 0.4) is 0 Å². The van der Waals surface area contributed by atoms with Gasteiger partial charge in [0.1, 0.15) is 0 Å². The van der Waals surface area contributed by atoms with Crippen molar-refractivity contribution in [2.75, 3.05) is 17.6 Å². The highest BCUT2D eigenvalue weighted by Gasteiger charge is 2.06. The van der Waals surface area contributed by atoms with Gasteiger partial charge in [-0.15, -0.1) is 0 Å². The molecule has 0 bridgehead atoms. The first-order valence-corrected chi connectivity index (χ1v) is 4.08. The first-order valence-electron chi connectivity index (χ1n) is 4.08. The zero-order valence-corrected chi connectivity index (χ0v) is 7.50. The summed E-state index contributed by atoms with van der Waals surface area (Å²) in [5, 5.41) is 3.02. The summed E-state index contributed by atoms with van der Waals surface area (Å²) in [6.45, 7) is 2.66. The van der Waals surface area contributed by atoms with Crippen LogP contribution in [0, 0.1) is 0 Å². The summed E-state index contributed by atoms with van der Waals surface area (Å²) in [5.41, 5.74) is 12.5. The summed E-state index contributed by atoms with van der Waals surface area (Å²) in [7, 11) is 0. The maximum absolute atomic E-state index is 10.9. The molecule has 13 heavy (non-hydrogen) atoms. The van der Waals surface area contributed by atoms with Crippen molar-refractivity contribution in [1.82, 2.24) is 0 Å². The van der Waals surface area contributed by atoms with Crippen LogP contribution in [0.1, 0.15) is 17.3 Å². The smallest absolute Gasteiger partial charge is 0.250 e. The van der Waals surface area contributed by atoms with E-state index >= 15 is 0 Å². The molecule has 1 aromatic carbocycles. The number of benzene rings is 1. The third-order valence-electron chi connectivity index (χ3n) is 1.68. The molecule has 1 amide bonds. The second kappa shape index (κ2) is 3.80. The van der Waals surface area contributed by atoms with Crippen LogP contribution in [0.2, 0.25) is 0 Å². The van der Waals surface area contributed by atoms with Crippen molar-refractivity contribution in [2.24, 2.45) is 5.73 Å². The number of nitrogen functional groups attached to an aromatic ring is 1. The van der Waals surface area contributed by atoms with Crippen LogP contribution >= 0.6 is 0 Å². The van der Waals surface area contributed by atoms with Crippen molar-refractivity contribution in [1.29, 1.82) is 0 Å².